The standard InChI is InChI=1S/C16H34N2O2/c1-7-14(8-2)11-18(9-3)12-15(17-13(5)6)16(19)20-10-4/h13-15,17H,7-12H2,1-6H3. The molecule has 1 atom stereocenters. The fraction of sp³-hybridized carbons (Fsp3) is 0.938. The van der Waals surface area contributed by atoms with E-state index in [1.807, 2.05) is 6.92 Å². The van der Waals surface area contributed by atoms with Crippen LogP contribution in [0, 0.1) is 5.92 Å². The molecule has 0 aromatic heterocycles. The summed E-state index contributed by atoms with van der Waals surface area (Å²) in [5.74, 6) is 0.570. The number of nitrogens with one attached hydrogen (secondary N) is 1. The van der Waals surface area contributed by atoms with Gasteiger partial charge in [0.1, 0.15) is 6.04 Å². The molecule has 4 heteroatoms. The minimum absolute atomic E-state index is 0.135. The van der Waals surface area contributed by atoms with Crippen LogP contribution in [-0.4, -0.2) is 49.2 Å². The molecule has 0 amide bonds. The Hall–Kier alpha value is -0.610. The highest BCUT2D eigenvalue weighted by molar-refractivity contribution is 5.76. The van der Waals surface area contributed by atoms with Gasteiger partial charge in [0, 0.05) is 19.1 Å². The molecule has 0 heterocycles. The number of hydrogen-bond donors (Lipinski definition) is 1. The third-order valence-corrected chi connectivity index (χ3v) is 3.66. The van der Waals surface area contributed by atoms with Crippen LogP contribution in [0.15, 0.2) is 0 Å². The van der Waals surface area contributed by atoms with Gasteiger partial charge in [-0.05, 0) is 19.4 Å². The van der Waals surface area contributed by atoms with Crippen molar-refractivity contribution in [2.24, 2.45) is 5.92 Å². The van der Waals surface area contributed by atoms with Gasteiger partial charge in [-0.3, -0.25) is 4.79 Å². The molecular formula is C16H34N2O2. The van der Waals surface area contributed by atoms with Crippen LogP contribution in [0.5, 0.6) is 0 Å². The Labute approximate surface area is 125 Å². The number of likely N-dealkylation sites (N-methyl/N-ethyl adjacent to an activating group) is 1. The number of esters is 1. The second-order valence-corrected chi connectivity index (χ2v) is 5.66. The average molecular weight is 286 g/mol. The zero-order valence-electron chi connectivity index (χ0n) is 14.2. The molecule has 0 saturated heterocycles. The predicted molar refractivity (Wildman–Crippen MR) is 84.9 cm³/mol. The van der Waals surface area contributed by atoms with E-state index in [-0.39, 0.29) is 18.1 Å². The van der Waals surface area contributed by atoms with Crippen molar-refractivity contribution in [2.75, 3.05) is 26.2 Å². The lowest BCUT2D eigenvalue weighted by molar-refractivity contribution is -0.146. The van der Waals surface area contributed by atoms with E-state index in [1.165, 1.54) is 12.8 Å². The first-order valence-electron chi connectivity index (χ1n) is 8.13. The minimum Gasteiger partial charge on any atom is -0.465 e. The summed E-state index contributed by atoms with van der Waals surface area (Å²) in [6, 6.07) is 0.0421. The highest BCUT2D eigenvalue weighted by atomic mass is 16.5. The molecule has 0 aliphatic carbocycles. The van der Waals surface area contributed by atoms with E-state index in [0.717, 1.165) is 19.6 Å². The van der Waals surface area contributed by atoms with Crippen molar-refractivity contribution in [1.29, 1.82) is 0 Å². The van der Waals surface area contributed by atoms with Crippen LogP contribution in [0.4, 0.5) is 0 Å². The van der Waals surface area contributed by atoms with Crippen LogP contribution in [0.3, 0.4) is 0 Å². The van der Waals surface area contributed by atoms with Crippen molar-refractivity contribution in [1.82, 2.24) is 10.2 Å². The fourth-order valence-electron chi connectivity index (χ4n) is 2.34. The van der Waals surface area contributed by atoms with Crippen LogP contribution in [0.25, 0.3) is 0 Å². The number of rotatable bonds is 11. The Morgan fingerprint density at radius 2 is 1.70 bits per heavy atom. The molecule has 0 saturated carbocycles. The molecule has 1 N–H and O–H groups in total. The topological polar surface area (TPSA) is 41.6 Å². The van der Waals surface area contributed by atoms with Crippen molar-refractivity contribution in [2.45, 2.75) is 66.5 Å². The van der Waals surface area contributed by atoms with E-state index in [0.29, 0.717) is 12.5 Å². The Morgan fingerprint density at radius 1 is 1.10 bits per heavy atom. The van der Waals surface area contributed by atoms with Gasteiger partial charge < -0.3 is 15.0 Å². The van der Waals surface area contributed by atoms with Gasteiger partial charge in [0.05, 0.1) is 6.61 Å². The maximum atomic E-state index is 12.0. The second-order valence-electron chi connectivity index (χ2n) is 5.66. The summed E-state index contributed by atoms with van der Waals surface area (Å²) in [4.78, 5) is 14.4. The molecule has 120 valence electrons. The largest absolute Gasteiger partial charge is 0.465 e. The molecule has 0 spiro atoms. The Balaban J connectivity index is 4.60. The average Bonchev–Trinajstić information content (AvgIpc) is 2.41. The number of carbonyl (C=O) groups is 1. The van der Waals surface area contributed by atoms with Crippen molar-refractivity contribution in [3.05, 3.63) is 0 Å². The van der Waals surface area contributed by atoms with E-state index in [1.54, 1.807) is 0 Å². The van der Waals surface area contributed by atoms with Gasteiger partial charge in [0.2, 0.25) is 0 Å². The Bertz CT molecular complexity index is 253. The van der Waals surface area contributed by atoms with Gasteiger partial charge in [-0.15, -0.1) is 0 Å². The second kappa shape index (κ2) is 11.1. The zero-order valence-corrected chi connectivity index (χ0v) is 14.2. The molecule has 0 radical (unpaired) electrons. The van der Waals surface area contributed by atoms with Crippen molar-refractivity contribution >= 4 is 5.97 Å². The predicted octanol–water partition coefficient (Wildman–Crippen LogP) is 2.67. The molecular weight excluding hydrogens is 252 g/mol. The summed E-state index contributed by atoms with van der Waals surface area (Å²) in [5.41, 5.74) is 0. The highest BCUT2D eigenvalue weighted by Gasteiger charge is 2.23. The van der Waals surface area contributed by atoms with Crippen LogP contribution >= 0.6 is 0 Å². The lowest BCUT2D eigenvalue weighted by atomic mass is 10.0. The van der Waals surface area contributed by atoms with E-state index >= 15 is 0 Å². The first-order chi connectivity index (χ1) is 9.48. The zero-order chi connectivity index (χ0) is 15.5. The summed E-state index contributed by atoms with van der Waals surface area (Å²) >= 11 is 0. The number of hydrogen-bond acceptors (Lipinski definition) is 4. The number of carbonyl (C=O) groups excluding carboxylic acids is 1. The van der Waals surface area contributed by atoms with Crippen molar-refractivity contribution in [3.8, 4) is 0 Å². The lowest BCUT2D eigenvalue weighted by Crippen LogP contribution is -2.50. The maximum absolute atomic E-state index is 12.0. The van der Waals surface area contributed by atoms with Crippen molar-refractivity contribution in [3.63, 3.8) is 0 Å². The molecule has 0 fully saturated rings. The molecule has 0 aliphatic rings. The van der Waals surface area contributed by atoms with E-state index < -0.39 is 0 Å². The summed E-state index contributed by atoms with van der Waals surface area (Å²) in [7, 11) is 0. The molecule has 0 bridgehead atoms. The molecule has 0 aliphatic heterocycles. The maximum Gasteiger partial charge on any atom is 0.324 e. The quantitative estimate of drug-likeness (QED) is 0.593. The van der Waals surface area contributed by atoms with Gasteiger partial charge in [-0.1, -0.05) is 47.5 Å². The van der Waals surface area contributed by atoms with Gasteiger partial charge in [-0.2, -0.15) is 0 Å². The van der Waals surface area contributed by atoms with Crippen LogP contribution < -0.4 is 5.32 Å². The third-order valence-electron chi connectivity index (χ3n) is 3.66. The van der Waals surface area contributed by atoms with E-state index in [2.05, 4.69) is 44.8 Å². The fourth-order valence-corrected chi connectivity index (χ4v) is 2.34. The summed E-state index contributed by atoms with van der Waals surface area (Å²) in [6.45, 7) is 15.8. The molecule has 0 aromatic rings. The molecule has 20 heavy (non-hydrogen) atoms. The molecule has 0 rings (SSSR count). The SMILES string of the molecule is CCOC(=O)C(CN(CC)CC(CC)CC)NC(C)C. The number of nitrogens with zero attached hydrogens (tertiary/aromatic N) is 1. The summed E-state index contributed by atoms with van der Waals surface area (Å²) in [6.07, 6.45) is 2.38. The van der Waals surface area contributed by atoms with Gasteiger partial charge >= 0.3 is 5.97 Å². The smallest absolute Gasteiger partial charge is 0.324 e. The van der Waals surface area contributed by atoms with E-state index in [4.69, 9.17) is 4.74 Å². The van der Waals surface area contributed by atoms with Gasteiger partial charge in [0.15, 0.2) is 0 Å². The van der Waals surface area contributed by atoms with Crippen LogP contribution in [0.2, 0.25) is 0 Å². The normalized spacial score (nSPS) is 13.2. The highest BCUT2D eigenvalue weighted by Crippen LogP contribution is 2.10. The van der Waals surface area contributed by atoms with Gasteiger partial charge in [0.25, 0.3) is 0 Å². The first-order valence-corrected chi connectivity index (χ1v) is 8.13. The molecule has 0 aromatic carbocycles. The Morgan fingerprint density at radius 3 is 2.10 bits per heavy atom. The minimum atomic E-state index is -0.232. The summed E-state index contributed by atoms with van der Waals surface area (Å²) < 4.78 is 5.18. The Kier molecular flexibility index (Phi) is 10.8. The van der Waals surface area contributed by atoms with E-state index in [9.17, 15) is 4.79 Å². The molecule has 4 nitrogen and oxygen atoms in total. The summed E-state index contributed by atoms with van der Waals surface area (Å²) in [5, 5.41) is 3.32. The van der Waals surface area contributed by atoms with Crippen LogP contribution in [0.1, 0.15) is 54.4 Å². The monoisotopic (exact) mass is 286 g/mol. The number of ether oxygens (including phenoxy) is 1. The first kappa shape index (κ1) is 19.4. The van der Waals surface area contributed by atoms with Crippen molar-refractivity contribution < 1.29 is 9.53 Å². The molecule has 1 unspecified atom stereocenters. The van der Waals surface area contributed by atoms with Gasteiger partial charge in [-0.25, -0.2) is 0 Å². The lowest BCUT2D eigenvalue weighted by Gasteiger charge is -2.29. The third kappa shape index (κ3) is 7.85. The van der Waals surface area contributed by atoms with Crippen LogP contribution in [-0.2, 0) is 9.53 Å².